The van der Waals surface area contributed by atoms with Crippen molar-refractivity contribution in [1.29, 1.82) is 0 Å². The molecular weight excluding hydrogens is 182 g/mol. The van der Waals surface area contributed by atoms with Gasteiger partial charge in [0, 0.05) is 14.2 Å². The Bertz CT molecular complexity index is 157. The summed E-state index contributed by atoms with van der Waals surface area (Å²) in [5.41, 5.74) is 0. The van der Waals surface area contributed by atoms with Gasteiger partial charge in [0.15, 0.2) is 0 Å². The molecule has 1 rings (SSSR count). The Labute approximate surface area is 83.6 Å². The third-order valence-electron chi connectivity index (χ3n) is 2.39. The quantitative estimate of drug-likeness (QED) is 0.511. The molecule has 0 bridgehead atoms. The van der Waals surface area contributed by atoms with Crippen LogP contribution in [0.5, 0.6) is 0 Å². The SMILES string of the molecule is [B]C1CC(OP(C)CC)C(CC)O1. The van der Waals surface area contributed by atoms with Crippen molar-refractivity contribution in [2.75, 3.05) is 12.8 Å². The summed E-state index contributed by atoms with van der Waals surface area (Å²) in [7, 11) is 5.44. The van der Waals surface area contributed by atoms with E-state index in [9.17, 15) is 0 Å². The Morgan fingerprint density at radius 3 is 2.77 bits per heavy atom. The van der Waals surface area contributed by atoms with Crippen molar-refractivity contribution in [3.63, 3.8) is 0 Å². The summed E-state index contributed by atoms with van der Waals surface area (Å²) in [6.45, 7) is 6.43. The van der Waals surface area contributed by atoms with Gasteiger partial charge in [-0.25, -0.2) is 0 Å². The van der Waals surface area contributed by atoms with Gasteiger partial charge in [0.2, 0.25) is 0 Å². The highest BCUT2D eigenvalue weighted by Crippen LogP contribution is 2.38. The molecule has 0 aliphatic carbocycles. The molecule has 4 atom stereocenters. The lowest BCUT2D eigenvalue weighted by atomic mass is 9.96. The minimum absolute atomic E-state index is 0.116. The summed E-state index contributed by atoms with van der Waals surface area (Å²) < 4.78 is 11.4. The monoisotopic (exact) mass is 200 g/mol. The molecule has 74 valence electrons. The van der Waals surface area contributed by atoms with E-state index in [1.54, 1.807) is 0 Å². The van der Waals surface area contributed by atoms with Gasteiger partial charge in [-0.05, 0) is 25.7 Å². The maximum Gasteiger partial charge on any atom is 0.109 e. The summed E-state index contributed by atoms with van der Waals surface area (Å²) in [5, 5.41) is 0. The van der Waals surface area contributed by atoms with Crippen LogP contribution in [0, 0.1) is 0 Å². The lowest BCUT2D eigenvalue weighted by molar-refractivity contribution is 0.0441. The van der Waals surface area contributed by atoms with Crippen LogP contribution >= 0.6 is 8.15 Å². The van der Waals surface area contributed by atoms with E-state index in [-0.39, 0.29) is 26.4 Å². The summed E-state index contributed by atoms with van der Waals surface area (Å²) in [6, 6.07) is -0.116. The van der Waals surface area contributed by atoms with Gasteiger partial charge in [-0.1, -0.05) is 13.8 Å². The highest BCUT2D eigenvalue weighted by molar-refractivity contribution is 7.51. The van der Waals surface area contributed by atoms with Crippen molar-refractivity contribution in [1.82, 2.24) is 0 Å². The van der Waals surface area contributed by atoms with Crippen molar-refractivity contribution in [3.05, 3.63) is 0 Å². The molecule has 0 spiro atoms. The molecular formula is C9H18BO2P. The van der Waals surface area contributed by atoms with Crippen molar-refractivity contribution in [2.24, 2.45) is 0 Å². The zero-order chi connectivity index (χ0) is 9.84. The number of ether oxygens (including phenoxy) is 1. The van der Waals surface area contributed by atoms with Crippen molar-refractivity contribution in [2.45, 2.75) is 44.9 Å². The predicted octanol–water partition coefficient (Wildman–Crippen LogP) is 2.11. The van der Waals surface area contributed by atoms with Gasteiger partial charge in [-0.15, -0.1) is 0 Å². The third-order valence-corrected chi connectivity index (χ3v) is 3.91. The fourth-order valence-electron chi connectivity index (χ4n) is 1.52. The highest BCUT2D eigenvalue weighted by atomic mass is 31.1. The van der Waals surface area contributed by atoms with E-state index in [0.29, 0.717) is 0 Å². The second-order valence-corrected chi connectivity index (χ2v) is 5.54. The first-order valence-corrected chi connectivity index (χ1v) is 6.85. The number of hydrogen-bond acceptors (Lipinski definition) is 2. The molecule has 4 unspecified atom stereocenters. The van der Waals surface area contributed by atoms with Crippen molar-refractivity contribution < 1.29 is 9.26 Å². The third kappa shape index (κ3) is 3.23. The topological polar surface area (TPSA) is 18.5 Å². The molecule has 0 aromatic rings. The van der Waals surface area contributed by atoms with E-state index in [4.69, 9.17) is 17.1 Å². The largest absolute Gasteiger partial charge is 0.382 e. The van der Waals surface area contributed by atoms with Gasteiger partial charge >= 0.3 is 0 Å². The van der Waals surface area contributed by atoms with Gasteiger partial charge in [-0.2, -0.15) is 0 Å². The van der Waals surface area contributed by atoms with Crippen LogP contribution in [0.15, 0.2) is 0 Å². The molecule has 2 radical (unpaired) electrons. The van der Waals surface area contributed by atoms with Crippen LogP contribution in [-0.4, -0.2) is 38.9 Å². The fourth-order valence-corrected chi connectivity index (χ4v) is 2.36. The van der Waals surface area contributed by atoms with Crippen LogP contribution in [0.2, 0.25) is 0 Å². The average Bonchev–Trinajstić information content (AvgIpc) is 2.46. The van der Waals surface area contributed by atoms with E-state index < -0.39 is 0 Å². The second kappa shape index (κ2) is 5.33. The highest BCUT2D eigenvalue weighted by Gasteiger charge is 2.32. The summed E-state index contributed by atoms with van der Waals surface area (Å²) in [6.07, 6.45) is 3.40. The second-order valence-electron chi connectivity index (χ2n) is 3.44. The van der Waals surface area contributed by atoms with Crippen LogP contribution < -0.4 is 0 Å². The lowest BCUT2D eigenvalue weighted by Crippen LogP contribution is -2.21. The molecule has 13 heavy (non-hydrogen) atoms. The van der Waals surface area contributed by atoms with Gasteiger partial charge in [0.1, 0.15) is 7.85 Å². The Balaban J connectivity index is 2.39. The van der Waals surface area contributed by atoms with E-state index in [0.717, 1.165) is 19.0 Å². The molecule has 1 aliphatic heterocycles. The van der Waals surface area contributed by atoms with Gasteiger partial charge in [0.25, 0.3) is 0 Å². The molecule has 0 saturated carbocycles. The molecule has 1 fully saturated rings. The van der Waals surface area contributed by atoms with Crippen LogP contribution in [-0.2, 0) is 9.26 Å². The van der Waals surface area contributed by atoms with E-state index in [1.807, 2.05) is 0 Å². The minimum Gasteiger partial charge on any atom is -0.382 e. The Morgan fingerprint density at radius 2 is 2.23 bits per heavy atom. The summed E-state index contributed by atoms with van der Waals surface area (Å²) >= 11 is 0. The predicted molar refractivity (Wildman–Crippen MR) is 57.6 cm³/mol. The first-order valence-electron chi connectivity index (χ1n) is 4.96. The van der Waals surface area contributed by atoms with Gasteiger partial charge in [0.05, 0.1) is 12.2 Å². The van der Waals surface area contributed by atoms with Crippen molar-refractivity contribution in [3.8, 4) is 0 Å². The smallest absolute Gasteiger partial charge is 0.109 e. The van der Waals surface area contributed by atoms with Crippen LogP contribution in [0.1, 0.15) is 26.7 Å². The Hall–Kier alpha value is 0.415. The first-order chi connectivity index (χ1) is 6.17. The van der Waals surface area contributed by atoms with Crippen molar-refractivity contribution >= 4 is 16.0 Å². The summed E-state index contributed by atoms with van der Waals surface area (Å²) in [4.78, 5) is 0. The van der Waals surface area contributed by atoms with Crippen LogP contribution in [0.3, 0.4) is 0 Å². The zero-order valence-electron chi connectivity index (χ0n) is 8.69. The van der Waals surface area contributed by atoms with Gasteiger partial charge in [-0.3, -0.25) is 0 Å². The number of rotatable bonds is 4. The minimum atomic E-state index is -0.276. The maximum absolute atomic E-state index is 5.89. The van der Waals surface area contributed by atoms with Crippen LogP contribution in [0.25, 0.3) is 0 Å². The standard InChI is InChI=1S/C9H18BO2P/c1-4-7-8(6-9(10)11-7)12-13(3)5-2/h7-9H,4-6H2,1-3H3. The lowest BCUT2D eigenvalue weighted by Gasteiger charge is -2.21. The average molecular weight is 200 g/mol. The molecule has 0 amide bonds. The molecule has 0 aromatic heterocycles. The maximum atomic E-state index is 5.89. The molecule has 0 aromatic carbocycles. The van der Waals surface area contributed by atoms with E-state index in [1.165, 1.54) is 0 Å². The zero-order valence-corrected chi connectivity index (χ0v) is 9.59. The first kappa shape index (κ1) is 11.5. The van der Waals surface area contributed by atoms with E-state index >= 15 is 0 Å². The Kier molecular flexibility index (Phi) is 4.71. The van der Waals surface area contributed by atoms with Crippen LogP contribution in [0.4, 0.5) is 0 Å². The molecule has 4 heteroatoms. The molecule has 1 saturated heterocycles. The fraction of sp³-hybridized carbons (Fsp3) is 1.00. The Morgan fingerprint density at radius 1 is 1.54 bits per heavy atom. The van der Waals surface area contributed by atoms with E-state index in [2.05, 4.69) is 20.5 Å². The molecule has 1 aliphatic rings. The normalized spacial score (nSPS) is 36.4. The molecule has 0 N–H and O–H groups in total. The molecule has 2 nitrogen and oxygen atoms in total. The number of hydrogen-bond donors (Lipinski definition) is 0. The summed E-state index contributed by atoms with van der Waals surface area (Å²) in [5.74, 6) is 0. The van der Waals surface area contributed by atoms with Gasteiger partial charge < -0.3 is 9.26 Å². The molecule has 1 heterocycles.